The van der Waals surface area contributed by atoms with Gasteiger partial charge < -0.3 is 5.73 Å². The first-order chi connectivity index (χ1) is 8.43. The van der Waals surface area contributed by atoms with Crippen LogP contribution in [0.25, 0.3) is 0 Å². The summed E-state index contributed by atoms with van der Waals surface area (Å²) in [6.45, 7) is 0.318. The van der Waals surface area contributed by atoms with Crippen LogP contribution < -0.4 is 5.73 Å². The van der Waals surface area contributed by atoms with Crippen molar-refractivity contribution >= 4 is 27.5 Å². The van der Waals surface area contributed by atoms with Gasteiger partial charge in [0.15, 0.2) is 0 Å². The molecule has 1 fully saturated rings. The molecule has 1 aliphatic rings. The molecule has 1 atom stereocenters. The third-order valence-electron chi connectivity index (χ3n) is 2.95. The van der Waals surface area contributed by atoms with Gasteiger partial charge in [-0.2, -0.15) is 4.31 Å². The van der Waals surface area contributed by atoms with Crippen molar-refractivity contribution in [2.75, 3.05) is 6.54 Å². The van der Waals surface area contributed by atoms with Crippen molar-refractivity contribution in [2.45, 2.75) is 23.8 Å². The standard InChI is InChI=1S/C11H13ClN2O3S/c12-8-3-5-9(6-4-8)18(16,17)14-7-1-2-10(14)11(13)15/h3-6,10H,1-2,7H2,(H2,13,15). The van der Waals surface area contributed by atoms with Crippen molar-refractivity contribution in [3.05, 3.63) is 29.3 Å². The van der Waals surface area contributed by atoms with Crippen molar-refractivity contribution in [3.63, 3.8) is 0 Å². The molecule has 5 nitrogen and oxygen atoms in total. The second kappa shape index (κ2) is 4.87. The number of hydrogen-bond donors (Lipinski definition) is 1. The van der Waals surface area contributed by atoms with Crippen LogP contribution in [-0.2, 0) is 14.8 Å². The normalized spacial score (nSPS) is 21.1. The smallest absolute Gasteiger partial charge is 0.243 e. The Bertz CT molecular complexity index is 556. The number of amides is 1. The SMILES string of the molecule is NC(=O)C1CCCN1S(=O)(=O)c1ccc(Cl)cc1. The van der Waals surface area contributed by atoms with Gasteiger partial charge in [-0.1, -0.05) is 11.6 Å². The van der Waals surface area contributed by atoms with E-state index in [0.717, 1.165) is 0 Å². The molecule has 18 heavy (non-hydrogen) atoms. The summed E-state index contributed by atoms with van der Waals surface area (Å²) in [5.41, 5.74) is 5.22. The molecule has 1 aromatic carbocycles. The first-order valence-corrected chi connectivity index (χ1v) is 7.31. The molecule has 1 aromatic rings. The highest BCUT2D eigenvalue weighted by molar-refractivity contribution is 7.89. The molecular formula is C11H13ClN2O3S. The molecule has 2 rings (SSSR count). The van der Waals surface area contributed by atoms with Crippen LogP contribution in [0.3, 0.4) is 0 Å². The number of sulfonamides is 1. The van der Waals surface area contributed by atoms with Gasteiger partial charge in [0, 0.05) is 11.6 Å². The highest BCUT2D eigenvalue weighted by Gasteiger charge is 2.38. The number of carbonyl (C=O) groups excluding carboxylic acids is 1. The third-order valence-corrected chi connectivity index (χ3v) is 5.13. The van der Waals surface area contributed by atoms with E-state index in [-0.39, 0.29) is 4.90 Å². The summed E-state index contributed by atoms with van der Waals surface area (Å²) in [7, 11) is -3.68. The van der Waals surface area contributed by atoms with E-state index in [1.54, 1.807) is 0 Å². The zero-order valence-electron chi connectivity index (χ0n) is 9.54. The lowest BCUT2D eigenvalue weighted by Gasteiger charge is -2.21. The fourth-order valence-corrected chi connectivity index (χ4v) is 3.84. The number of primary amides is 1. The molecule has 0 saturated carbocycles. The van der Waals surface area contributed by atoms with E-state index >= 15 is 0 Å². The van der Waals surface area contributed by atoms with Crippen molar-refractivity contribution in [1.82, 2.24) is 4.31 Å². The Morgan fingerprint density at radius 3 is 2.50 bits per heavy atom. The van der Waals surface area contributed by atoms with E-state index in [4.69, 9.17) is 17.3 Å². The lowest BCUT2D eigenvalue weighted by Crippen LogP contribution is -2.43. The van der Waals surface area contributed by atoms with Gasteiger partial charge >= 0.3 is 0 Å². The highest BCUT2D eigenvalue weighted by Crippen LogP contribution is 2.26. The quantitative estimate of drug-likeness (QED) is 0.900. The fourth-order valence-electron chi connectivity index (χ4n) is 2.05. The van der Waals surface area contributed by atoms with Gasteiger partial charge in [0.25, 0.3) is 0 Å². The molecule has 0 aliphatic carbocycles. The molecule has 1 unspecified atom stereocenters. The Morgan fingerprint density at radius 2 is 1.94 bits per heavy atom. The van der Waals surface area contributed by atoms with E-state index < -0.39 is 22.0 Å². The predicted octanol–water partition coefficient (Wildman–Crippen LogP) is 0.978. The van der Waals surface area contributed by atoms with Gasteiger partial charge in [-0.3, -0.25) is 4.79 Å². The van der Waals surface area contributed by atoms with Gasteiger partial charge in [0.1, 0.15) is 6.04 Å². The molecule has 0 spiro atoms. The van der Waals surface area contributed by atoms with Gasteiger partial charge in [0.05, 0.1) is 4.90 Å². The summed E-state index contributed by atoms with van der Waals surface area (Å²) in [6, 6.07) is 5.11. The minimum Gasteiger partial charge on any atom is -0.368 e. The molecule has 98 valence electrons. The van der Waals surface area contributed by atoms with Crippen LogP contribution in [0.5, 0.6) is 0 Å². The summed E-state index contributed by atoms with van der Waals surface area (Å²) < 4.78 is 25.8. The maximum Gasteiger partial charge on any atom is 0.243 e. The monoisotopic (exact) mass is 288 g/mol. The Labute approximate surface area is 111 Å². The van der Waals surface area contributed by atoms with E-state index in [0.29, 0.717) is 24.4 Å². The molecular weight excluding hydrogens is 276 g/mol. The largest absolute Gasteiger partial charge is 0.368 e. The molecule has 1 aliphatic heterocycles. The van der Waals surface area contributed by atoms with Crippen LogP contribution in [0.4, 0.5) is 0 Å². The van der Waals surface area contributed by atoms with E-state index in [9.17, 15) is 13.2 Å². The molecule has 0 aromatic heterocycles. The van der Waals surface area contributed by atoms with Gasteiger partial charge in [-0.25, -0.2) is 8.42 Å². The van der Waals surface area contributed by atoms with Gasteiger partial charge in [-0.15, -0.1) is 0 Å². The summed E-state index contributed by atoms with van der Waals surface area (Å²) in [6.07, 6.45) is 1.11. The Morgan fingerprint density at radius 1 is 1.33 bits per heavy atom. The molecule has 7 heteroatoms. The predicted molar refractivity (Wildman–Crippen MR) is 67.6 cm³/mol. The highest BCUT2D eigenvalue weighted by atomic mass is 35.5. The molecule has 1 heterocycles. The first-order valence-electron chi connectivity index (χ1n) is 5.49. The minimum absolute atomic E-state index is 0.125. The number of nitrogens with two attached hydrogens (primary N) is 1. The number of hydrogen-bond acceptors (Lipinski definition) is 3. The number of rotatable bonds is 3. The average molecular weight is 289 g/mol. The Balaban J connectivity index is 2.36. The number of nitrogens with zero attached hydrogens (tertiary/aromatic N) is 1. The number of benzene rings is 1. The molecule has 0 radical (unpaired) electrons. The van der Waals surface area contributed by atoms with E-state index in [1.165, 1.54) is 28.6 Å². The zero-order chi connectivity index (χ0) is 13.3. The lowest BCUT2D eigenvalue weighted by molar-refractivity contribution is -0.121. The first kappa shape index (κ1) is 13.3. The van der Waals surface area contributed by atoms with Crippen LogP contribution in [0.2, 0.25) is 5.02 Å². The fraction of sp³-hybridized carbons (Fsp3) is 0.364. The van der Waals surface area contributed by atoms with Crippen LogP contribution >= 0.6 is 11.6 Å². The lowest BCUT2D eigenvalue weighted by atomic mass is 10.2. The van der Waals surface area contributed by atoms with Gasteiger partial charge in [0.2, 0.25) is 15.9 Å². The summed E-state index contributed by atoms with van der Waals surface area (Å²) in [4.78, 5) is 11.4. The van der Waals surface area contributed by atoms with Crippen LogP contribution in [-0.4, -0.2) is 31.2 Å². The Kier molecular flexibility index (Phi) is 3.61. The molecule has 0 bridgehead atoms. The number of halogens is 1. The number of carbonyl (C=O) groups is 1. The zero-order valence-corrected chi connectivity index (χ0v) is 11.1. The van der Waals surface area contributed by atoms with Gasteiger partial charge in [-0.05, 0) is 37.1 Å². The van der Waals surface area contributed by atoms with E-state index in [1.807, 2.05) is 0 Å². The minimum atomic E-state index is -3.68. The summed E-state index contributed by atoms with van der Waals surface area (Å²) >= 11 is 5.72. The molecule has 2 N–H and O–H groups in total. The third kappa shape index (κ3) is 2.36. The Hall–Kier alpha value is -1.11. The van der Waals surface area contributed by atoms with Crippen molar-refractivity contribution in [2.24, 2.45) is 5.73 Å². The van der Waals surface area contributed by atoms with Crippen LogP contribution in [0, 0.1) is 0 Å². The topological polar surface area (TPSA) is 80.5 Å². The van der Waals surface area contributed by atoms with Crippen LogP contribution in [0.15, 0.2) is 29.2 Å². The van der Waals surface area contributed by atoms with Crippen LogP contribution in [0.1, 0.15) is 12.8 Å². The van der Waals surface area contributed by atoms with Crippen molar-refractivity contribution < 1.29 is 13.2 Å². The summed E-state index contributed by atoms with van der Waals surface area (Å²) in [5.74, 6) is -0.606. The van der Waals surface area contributed by atoms with Crippen molar-refractivity contribution in [3.8, 4) is 0 Å². The molecule has 1 saturated heterocycles. The second-order valence-corrected chi connectivity index (χ2v) is 6.46. The maximum absolute atomic E-state index is 12.3. The van der Waals surface area contributed by atoms with Crippen molar-refractivity contribution in [1.29, 1.82) is 0 Å². The van der Waals surface area contributed by atoms with E-state index in [2.05, 4.69) is 0 Å². The molecule has 1 amide bonds. The average Bonchev–Trinajstić information content (AvgIpc) is 2.79. The second-order valence-electron chi connectivity index (χ2n) is 4.13. The summed E-state index contributed by atoms with van der Waals surface area (Å²) in [5, 5.41) is 0.460. The maximum atomic E-state index is 12.3.